The highest BCUT2D eigenvalue weighted by Crippen LogP contribution is 2.57. The first kappa shape index (κ1) is 29.1. The van der Waals surface area contributed by atoms with Crippen molar-refractivity contribution in [1.29, 1.82) is 0 Å². The molecule has 1 aromatic heterocycles. The maximum absolute atomic E-state index is 4.90. The van der Waals surface area contributed by atoms with Gasteiger partial charge in [0.05, 0.1) is 5.69 Å². The van der Waals surface area contributed by atoms with Gasteiger partial charge in [-0.25, -0.2) is 4.98 Å². The quantitative estimate of drug-likeness (QED) is 0.457. The molecule has 4 heterocycles. The normalized spacial score (nSPS) is 28.2. The van der Waals surface area contributed by atoms with Crippen LogP contribution < -0.4 is 10.6 Å². The van der Waals surface area contributed by atoms with Crippen molar-refractivity contribution >= 4 is 6.08 Å². The molecule has 3 atom stereocenters. The van der Waals surface area contributed by atoms with E-state index in [0.29, 0.717) is 12.0 Å². The van der Waals surface area contributed by atoms with Crippen LogP contribution in [0.25, 0.3) is 6.08 Å². The van der Waals surface area contributed by atoms with E-state index in [1.807, 2.05) is 13.8 Å². The van der Waals surface area contributed by atoms with Gasteiger partial charge in [0, 0.05) is 43.8 Å². The van der Waals surface area contributed by atoms with Crippen LogP contribution in [0, 0.1) is 5.92 Å². The van der Waals surface area contributed by atoms with Crippen LogP contribution in [0.5, 0.6) is 0 Å². The molecule has 1 aromatic rings. The fourth-order valence-corrected chi connectivity index (χ4v) is 6.80. The second-order valence-electron chi connectivity index (χ2n) is 11.6. The first-order valence-electron chi connectivity index (χ1n) is 15.6. The molecule has 6 heteroatoms. The Balaban J connectivity index is 0.000000233. The molecular weight excluding hydrogens is 468 g/mol. The lowest BCUT2D eigenvalue weighted by molar-refractivity contribution is 0.0801. The van der Waals surface area contributed by atoms with Gasteiger partial charge in [-0.05, 0) is 102 Å². The summed E-state index contributed by atoms with van der Waals surface area (Å²) in [6.45, 7) is 10.6. The second kappa shape index (κ2) is 14.0. The Labute approximate surface area is 232 Å². The summed E-state index contributed by atoms with van der Waals surface area (Å²) in [6.07, 6.45) is 26.5. The number of aromatic nitrogens is 2. The van der Waals surface area contributed by atoms with Crippen molar-refractivity contribution in [3.8, 4) is 0 Å². The van der Waals surface area contributed by atoms with Gasteiger partial charge in [0.2, 0.25) is 0 Å². The number of nitrogens with zero attached hydrogens (tertiary/aromatic N) is 4. The number of hydrogen-bond donors (Lipinski definition) is 2. The second-order valence-corrected chi connectivity index (χ2v) is 11.6. The van der Waals surface area contributed by atoms with Crippen molar-refractivity contribution in [3.63, 3.8) is 0 Å². The lowest BCUT2D eigenvalue weighted by atomic mass is 9.89. The van der Waals surface area contributed by atoms with Crippen LogP contribution in [0.2, 0.25) is 0 Å². The van der Waals surface area contributed by atoms with Gasteiger partial charge in [-0.3, -0.25) is 4.90 Å². The van der Waals surface area contributed by atoms with E-state index in [4.69, 9.17) is 4.98 Å². The van der Waals surface area contributed by atoms with Crippen LogP contribution in [0.4, 0.5) is 0 Å². The van der Waals surface area contributed by atoms with Gasteiger partial charge in [-0.2, -0.15) is 0 Å². The van der Waals surface area contributed by atoms with Gasteiger partial charge in [0.25, 0.3) is 0 Å². The highest BCUT2D eigenvalue weighted by atomic mass is 15.4. The predicted octanol–water partition coefficient (Wildman–Crippen LogP) is 5.89. The van der Waals surface area contributed by atoms with E-state index >= 15 is 0 Å². The average Bonchev–Trinajstić information content (AvgIpc) is 3.53. The molecule has 3 aliphatic heterocycles. The molecule has 2 aliphatic carbocycles. The number of likely N-dealkylation sites (tertiary alicyclic amines) is 1. The Kier molecular flexibility index (Phi) is 10.7. The Hall–Kier alpha value is -1.89. The highest BCUT2D eigenvalue weighted by Gasteiger charge is 2.60. The van der Waals surface area contributed by atoms with Gasteiger partial charge < -0.3 is 20.1 Å². The van der Waals surface area contributed by atoms with Gasteiger partial charge in [-0.15, -0.1) is 0 Å². The number of rotatable bonds is 6. The Bertz CT molecular complexity index is 949. The van der Waals surface area contributed by atoms with Gasteiger partial charge in [-0.1, -0.05) is 39.3 Å². The van der Waals surface area contributed by atoms with Crippen molar-refractivity contribution < 1.29 is 0 Å². The fourth-order valence-electron chi connectivity index (χ4n) is 6.80. The van der Waals surface area contributed by atoms with E-state index in [-0.39, 0.29) is 5.66 Å². The minimum atomic E-state index is 0.186. The van der Waals surface area contributed by atoms with Crippen molar-refractivity contribution in [2.24, 2.45) is 5.92 Å². The molecule has 0 spiro atoms. The van der Waals surface area contributed by atoms with Crippen LogP contribution in [-0.4, -0.2) is 65.2 Å². The van der Waals surface area contributed by atoms with Crippen molar-refractivity contribution in [3.05, 3.63) is 47.7 Å². The zero-order valence-electron chi connectivity index (χ0n) is 24.9. The van der Waals surface area contributed by atoms with Crippen LogP contribution in [0.1, 0.15) is 96.5 Å². The monoisotopic (exact) mass is 522 g/mol. The summed E-state index contributed by atoms with van der Waals surface area (Å²) in [5.41, 5.74) is 2.98. The van der Waals surface area contributed by atoms with Crippen LogP contribution in [0.3, 0.4) is 0 Å². The molecule has 1 saturated heterocycles. The Morgan fingerprint density at radius 1 is 1.11 bits per heavy atom. The molecular formula is C32H54N6. The molecule has 0 amide bonds. The average molecular weight is 523 g/mol. The fraction of sp³-hybridized carbons (Fsp3) is 0.719. The molecule has 6 rings (SSSR count). The molecule has 3 unspecified atom stereocenters. The van der Waals surface area contributed by atoms with Gasteiger partial charge in [0.1, 0.15) is 11.5 Å². The molecule has 3 fully saturated rings. The molecule has 0 radical (unpaired) electrons. The molecule has 5 aliphatic rings. The van der Waals surface area contributed by atoms with E-state index in [2.05, 4.69) is 82.7 Å². The minimum absolute atomic E-state index is 0.186. The first-order valence-corrected chi connectivity index (χ1v) is 15.6. The standard InChI is InChI=1S/C21H35N5.C9H13N.C2H6/c1-4-11-22-15-18-16-26-20(23-18)10-9-17-14-21(17,26)25-12-5-7-19(24(2)3)8-6-13-25;1-2-6-9-8(4-1)5-3-7-10-9;1-2/h9-10,16-17,19,22H,4-8,11-15H2,1-3H3;3,5,7,9-10H,1-2,4,6H2;1-2H3. The number of imidazole rings is 1. The zero-order chi connectivity index (χ0) is 27.0. The molecule has 0 aromatic carbocycles. The third-order valence-corrected chi connectivity index (χ3v) is 8.93. The largest absolute Gasteiger partial charge is 0.384 e. The predicted molar refractivity (Wildman–Crippen MR) is 161 cm³/mol. The van der Waals surface area contributed by atoms with Crippen LogP contribution in [0.15, 0.2) is 36.2 Å². The summed E-state index contributed by atoms with van der Waals surface area (Å²) >= 11 is 0. The minimum Gasteiger partial charge on any atom is -0.384 e. The zero-order valence-corrected chi connectivity index (χ0v) is 24.9. The summed E-state index contributed by atoms with van der Waals surface area (Å²) in [5.74, 6) is 1.82. The van der Waals surface area contributed by atoms with Crippen molar-refractivity contribution in [2.75, 3.05) is 33.7 Å². The van der Waals surface area contributed by atoms with Crippen molar-refractivity contribution in [2.45, 2.75) is 109 Å². The van der Waals surface area contributed by atoms with E-state index in [1.165, 1.54) is 83.0 Å². The lowest BCUT2D eigenvalue weighted by Gasteiger charge is -2.38. The Morgan fingerprint density at radius 3 is 2.61 bits per heavy atom. The van der Waals surface area contributed by atoms with Gasteiger partial charge in [0.15, 0.2) is 0 Å². The summed E-state index contributed by atoms with van der Waals surface area (Å²) < 4.78 is 2.51. The number of dihydropyridines is 1. The van der Waals surface area contributed by atoms with Crippen LogP contribution in [-0.2, 0) is 12.2 Å². The number of hydrogen-bond acceptors (Lipinski definition) is 5. The third kappa shape index (κ3) is 6.63. The third-order valence-electron chi connectivity index (χ3n) is 8.93. The summed E-state index contributed by atoms with van der Waals surface area (Å²) in [4.78, 5) is 10.1. The summed E-state index contributed by atoms with van der Waals surface area (Å²) in [6, 6.07) is 1.44. The molecule has 0 bridgehead atoms. The first-order chi connectivity index (χ1) is 18.6. The maximum Gasteiger partial charge on any atom is 0.134 e. The van der Waals surface area contributed by atoms with Gasteiger partial charge >= 0.3 is 0 Å². The maximum atomic E-state index is 4.90. The number of allylic oxidation sites excluding steroid dienone is 2. The van der Waals surface area contributed by atoms with E-state index in [9.17, 15) is 0 Å². The SMILES string of the molecule is C1=CNC2CCCCC2=C1.CC.CCCNCc1cn2c(n1)C=CC1CC12N1CCCC(N(C)C)CCC1. The number of nitrogens with one attached hydrogen (secondary N) is 2. The topological polar surface area (TPSA) is 48.4 Å². The van der Waals surface area contributed by atoms with E-state index < -0.39 is 0 Å². The van der Waals surface area contributed by atoms with Crippen molar-refractivity contribution in [1.82, 2.24) is 30.0 Å². The molecule has 38 heavy (non-hydrogen) atoms. The molecule has 2 saturated carbocycles. The molecule has 212 valence electrons. The van der Waals surface area contributed by atoms with E-state index in [1.54, 1.807) is 5.57 Å². The summed E-state index contributed by atoms with van der Waals surface area (Å²) in [5, 5.41) is 6.87. The highest BCUT2D eigenvalue weighted by molar-refractivity contribution is 5.49. The van der Waals surface area contributed by atoms with Crippen LogP contribution >= 0.6 is 0 Å². The molecule has 6 nitrogen and oxygen atoms in total. The summed E-state index contributed by atoms with van der Waals surface area (Å²) in [7, 11) is 4.47. The number of fused-ring (bicyclic) bond motifs is 4. The van der Waals surface area contributed by atoms with E-state index in [0.717, 1.165) is 25.0 Å². The molecule has 2 N–H and O–H groups in total. The smallest absolute Gasteiger partial charge is 0.134 e. The Morgan fingerprint density at radius 2 is 1.89 bits per heavy atom. The lowest BCUT2D eigenvalue weighted by Crippen LogP contribution is -2.45.